The van der Waals surface area contributed by atoms with Gasteiger partial charge in [0, 0.05) is 18.7 Å². The summed E-state index contributed by atoms with van der Waals surface area (Å²) in [5, 5.41) is 3.10. The van der Waals surface area contributed by atoms with Crippen LogP contribution in [0.3, 0.4) is 0 Å². The molecular weight excluding hydrogens is 361 g/mol. The Balaban J connectivity index is 2.16. The monoisotopic (exact) mass is 372 g/mol. The minimum Gasteiger partial charge on any atom is -0.324 e. The molecule has 0 unspecified atom stereocenters. The lowest BCUT2D eigenvalue weighted by Gasteiger charge is -2.21. The van der Waals surface area contributed by atoms with E-state index in [1.165, 1.54) is 25.1 Å². The van der Waals surface area contributed by atoms with Crippen molar-refractivity contribution in [1.29, 1.82) is 0 Å². The van der Waals surface area contributed by atoms with Gasteiger partial charge in [0.25, 0.3) is 0 Å². The first-order valence-electron chi connectivity index (χ1n) is 6.76. The van der Waals surface area contributed by atoms with Crippen LogP contribution in [0.25, 0.3) is 0 Å². The van der Waals surface area contributed by atoms with Gasteiger partial charge in [0.15, 0.2) is 0 Å². The molecule has 24 heavy (non-hydrogen) atoms. The maximum absolute atomic E-state index is 13.8. The molecule has 2 aromatic carbocycles. The number of halogens is 4. The van der Waals surface area contributed by atoms with E-state index in [1.54, 1.807) is 0 Å². The highest BCUT2D eigenvalue weighted by Crippen LogP contribution is 2.25. The number of benzene rings is 2. The standard InChI is InChI=1S/C16H12Cl2F2N2O2/c1-9(23)22(15-5-2-10(19)6-14(15)20)8-16(24)21-11-3-4-12(17)13(18)7-11/h2-7H,8H2,1H3,(H,21,24). The number of amides is 2. The van der Waals surface area contributed by atoms with Crippen LogP contribution in [-0.2, 0) is 9.59 Å². The summed E-state index contributed by atoms with van der Waals surface area (Å²) in [4.78, 5) is 24.7. The van der Waals surface area contributed by atoms with Crippen LogP contribution >= 0.6 is 23.2 Å². The molecular formula is C16H12Cl2F2N2O2. The molecule has 0 aromatic heterocycles. The average Bonchev–Trinajstić information content (AvgIpc) is 2.49. The first-order valence-corrected chi connectivity index (χ1v) is 7.51. The molecule has 126 valence electrons. The van der Waals surface area contributed by atoms with Gasteiger partial charge in [-0.05, 0) is 30.3 Å². The van der Waals surface area contributed by atoms with Gasteiger partial charge in [0.2, 0.25) is 11.8 Å². The Morgan fingerprint density at radius 2 is 1.79 bits per heavy atom. The lowest BCUT2D eigenvalue weighted by Crippen LogP contribution is -2.37. The number of nitrogens with one attached hydrogen (secondary N) is 1. The molecule has 8 heteroatoms. The highest BCUT2D eigenvalue weighted by atomic mass is 35.5. The third kappa shape index (κ3) is 4.43. The van der Waals surface area contributed by atoms with E-state index < -0.39 is 30.0 Å². The van der Waals surface area contributed by atoms with Gasteiger partial charge in [0.1, 0.15) is 18.2 Å². The van der Waals surface area contributed by atoms with Gasteiger partial charge < -0.3 is 10.2 Å². The molecule has 0 fully saturated rings. The van der Waals surface area contributed by atoms with Crippen molar-refractivity contribution >= 4 is 46.4 Å². The van der Waals surface area contributed by atoms with Crippen LogP contribution in [0.1, 0.15) is 6.92 Å². The van der Waals surface area contributed by atoms with E-state index >= 15 is 0 Å². The van der Waals surface area contributed by atoms with Crippen LogP contribution in [0.4, 0.5) is 20.2 Å². The molecule has 0 heterocycles. The topological polar surface area (TPSA) is 49.4 Å². The number of hydrogen-bond donors (Lipinski definition) is 1. The third-order valence-corrected chi connectivity index (χ3v) is 3.82. The summed E-state index contributed by atoms with van der Waals surface area (Å²) in [6.45, 7) is 0.730. The molecule has 0 saturated heterocycles. The van der Waals surface area contributed by atoms with Crippen molar-refractivity contribution in [3.63, 3.8) is 0 Å². The van der Waals surface area contributed by atoms with Gasteiger partial charge in [-0.3, -0.25) is 9.59 Å². The SMILES string of the molecule is CC(=O)N(CC(=O)Nc1ccc(Cl)c(Cl)c1)c1ccc(F)cc1F. The van der Waals surface area contributed by atoms with Crippen LogP contribution < -0.4 is 10.2 Å². The fourth-order valence-electron chi connectivity index (χ4n) is 1.98. The average molecular weight is 373 g/mol. The minimum atomic E-state index is -0.937. The zero-order chi connectivity index (χ0) is 17.9. The second-order valence-corrected chi connectivity index (χ2v) is 5.69. The maximum atomic E-state index is 13.8. The number of anilines is 2. The first kappa shape index (κ1) is 18.2. The van der Waals surface area contributed by atoms with E-state index in [2.05, 4.69) is 5.32 Å². The van der Waals surface area contributed by atoms with Crippen molar-refractivity contribution in [2.24, 2.45) is 0 Å². The second kappa shape index (κ2) is 7.59. The van der Waals surface area contributed by atoms with Gasteiger partial charge in [-0.1, -0.05) is 23.2 Å². The predicted octanol–water partition coefficient (Wildman–Crippen LogP) is 4.26. The second-order valence-electron chi connectivity index (χ2n) is 4.88. The molecule has 0 atom stereocenters. The molecule has 0 aliphatic heterocycles. The first-order chi connectivity index (χ1) is 11.3. The van der Waals surface area contributed by atoms with E-state index in [0.717, 1.165) is 17.0 Å². The van der Waals surface area contributed by atoms with Gasteiger partial charge in [-0.2, -0.15) is 0 Å². The zero-order valence-electron chi connectivity index (χ0n) is 12.4. The number of rotatable bonds is 4. The lowest BCUT2D eigenvalue weighted by atomic mass is 10.2. The summed E-state index contributed by atoms with van der Waals surface area (Å²) in [5.41, 5.74) is 0.186. The minimum absolute atomic E-state index is 0.187. The number of carbonyl (C=O) groups excluding carboxylic acids is 2. The molecule has 1 N–H and O–H groups in total. The zero-order valence-corrected chi connectivity index (χ0v) is 14.0. The Morgan fingerprint density at radius 1 is 1.08 bits per heavy atom. The Hall–Kier alpha value is -2.18. The molecule has 0 aliphatic carbocycles. The summed E-state index contributed by atoms with van der Waals surface area (Å²) < 4.78 is 26.8. The molecule has 0 bridgehead atoms. The Morgan fingerprint density at radius 3 is 2.38 bits per heavy atom. The lowest BCUT2D eigenvalue weighted by molar-refractivity contribution is -0.120. The van der Waals surface area contributed by atoms with Crippen molar-refractivity contribution in [3.8, 4) is 0 Å². The van der Waals surface area contributed by atoms with Crippen LogP contribution in [0.5, 0.6) is 0 Å². The third-order valence-electron chi connectivity index (χ3n) is 3.09. The van der Waals surface area contributed by atoms with E-state index in [0.29, 0.717) is 16.8 Å². The summed E-state index contributed by atoms with van der Waals surface area (Å²) in [6.07, 6.45) is 0. The fraction of sp³-hybridized carbons (Fsp3) is 0.125. The smallest absolute Gasteiger partial charge is 0.244 e. The molecule has 2 aromatic rings. The van der Waals surface area contributed by atoms with Crippen LogP contribution in [-0.4, -0.2) is 18.4 Å². The van der Waals surface area contributed by atoms with Crippen molar-refractivity contribution < 1.29 is 18.4 Å². The molecule has 4 nitrogen and oxygen atoms in total. The highest BCUT2D eigenvalue weighted by molar-refractivity contribution is 6.42. The largest absolute Gasteiger partial charge is 0.324 e. The van der Waals surface area contributed by atoms with Crippen molar-refractivity contribution in [2.45, 2.75) is 6.92 Å². The van der Waals surface area contributed by atoms with Crippen LogP contribution in [0.15, 0.2) is 36.4 Å². The van der Waals surface area contributed by atoms with Crippen LogP contribution in [0, 0.1) is 11.6 Å². The van der Waals surface area contributed by atoms with E-state index in [1.807, 2.05) is 0 Å². The quantitative estimate of drug-likeness (QED) is 0.871. The summed E-state index contributed by atoms with van der Waals surface area (Å²) in [7, 11) is 0. The maximum Gasteiger partial charge on any atom is 0.244 e. The number of nitrogens with zero attached hydrogens (tertiary/aromatic N) is 1. The highest BCUT2D eigenvalue weighted by Gasteiger charge is 2.19. The van der Waals surface area contributed by atoms with E-state index in [4.69, 9.17) is 23.2 Å². The van der Waals surface area contributed by atoms with E-state index in [-0.39, 0.29) is 10.7 Å². The van der Waals surface area contributed by atoms with Gasteiger partial charge in [-0.15, -0.1) is 0 Å². The van der Waals surface area contributed by atoms with Crippen molar-refractivity contribution in [1.82, 2.24) is 0 Å². The number of carbonyl (C=O) groups is 2. The molecule has 2 amide bonds. The summed E-state index contributed by atoms with van der Waals surface area (Å²) >= 11 is 11.6. The van der Waals surface area contributed by atoms with Gasteiger partial charge in [0.05, 0.1) is 15.7 Å². The van der Waals surface area contributed by atoms with Gasteiger partial charge >= 0.3 is 0 Å². The Kier molecular flexibility index (Phi) is 5.75. The molecule has 0 radical (unpaired) electrons. The summed E-state index contributed by atoms with van der Waals surface area (Å²) in [6, 6.07) is 7.22. The molecule has 2 rings (SSSR count). The number of hydrogen-bond acceptors (Lipinski definition) is 2. The predicted molar refractivity (Wildman–Crippen MR) is 89.5 cm³/mol. The Labute approximate surface area is 147 Å². The summed E-state index contributed by atoms with van der Waals surface area (Å²) in [5.74, 6) is -2.86. The molecule has 0 saturated carbocycles. The Bertz CT molecular complexity index is 800. The van der Waals surface area contributed by atoms with Crippen molar-refractivity contribution in [3.05, 3.63) is 58.1 Å². The van der Waals surface area contributed by atoms with Crippen LogP contribution in [0.2, 0.25) is 10.0 Å². The normalized spacial score (nSPS) is 10.4. The molecule has 0 aliphatic rings. The van der Waals surface area contributed by atoms with Crippen molar-refractivity contribution in [2.75, 3.05) is 16.8 Å². The van der Waals surface area contributed by atoms with E-state index in [9.17, 15) is 18.4 Å². The van der Waals surface area contributed by atoms with Gasteiger partial charge in [-0.25, -0.2) is 8.78 Å². The molecule has 0 spiro atoms. The fourth-order valence-corrected chi connectivity index (χ4v) is 2.28.